The molecule has 0 aliphatic heterocycles. The maximum absolute atomic E-state index is 11.9. The van der Waals surface area contributed by atoms with Crippen LogP contribution < -0.4 is 15.4 Å². The maximum Gasteiger partial charge on any atom is 0.252 e. The van der Waals surface area contributed by atoms with Crippen LogP contribution in [0.25, 0.3) is 0 Å². The number of anilines is 2. The van der Waals surface area contributed by atoms with Gasteiger partial charge in [-0.3, -0.25) is 9.78 Å². The molecule has 0 saturated carbocycles. The average Bonchev–Trinajstić information content (AvgIpc) is 2.53. The minimum atomic E-state index is -0.134. The third-order valence-electron chi connectivity index (χ3n) is 2.98. The van der Waals surface area contributed by atoms with E-state index in [-0.39, 0.29) is 5.91 Å². The number of benzene rings is 1. The molecular weight excluding hydrogens is 302 g/mol. The fourth-order valence-electron chi connectivity index (χ4n) is 1.88. The average molecular weight is 320 g/mol. The number of pyridine rings is 1. The number of rotatable bonds is 6. The number of aromatic nitrogens is 1. The lowest BCUT2D eigenvalue weighted by molar-refractivity contribution is 0.0953. The van der Waals surface area contributed by atoms with Gasteiger partial charge >= 0.3 is 0 Å². The Hall–Kier alpha value is -2.27. The van der Waals surface area contributed by atoms with E-state index in [0.717, 1.165) is 12.1 Å². The van der Waals surface area contributed by atoms with Crippen LogP contribution in [-0.2, 0) is 0 Å². The lowest BCUT2D eigenvalue weighted by atomic mass is 10.2. The molecule has 0 aliphatic carbocycles. The zero-order valence-corrected chi connectivity index (χ0v) is 13.3. The predicted octanol–water partition coefficient (Wildman–Crippen LogP) is 3.63. The van der Waals surface area contributed by atoms with Crippen molar-refractivity contribution < 1.29 is 9.53 Å². The van der Waals surface area contributed by atoms with E-state index < -0.39 is 0 Å². The summed E-state index contributed by atoms with van der Waals surface area (Å²) in [5.41, 5.74) is 2.02. The fourth-order valence-corrected chi connectivity index (χ4v) is 2.14. The number of amides is 1. The van der Waals surface area contributed by atoms with Gasteiger partial charge in [0.05, 0.1) is 29.6 Å². The molecule has 0 unspecified atom stereocenters. The van der Waals surface area contributed by atoms with E-state index in [1.807, 2.05) is 13.0 Å². The number of hydrogen-bond acceptors (Lipinski definition) is 4. The molecule has 2 rings (SSSR count). The predicted molar refractivity (Wildman–Crippen MR) is 88.1 cm³/mol. The van der Waals surface area contributed by atoms with Gasteiger partial charge in [-0.05, 0) is 30.7 Å². The summed E-state index contributed by atoms with van der Waals surface area (Å²) < 4.78 is 5.11. The van der Waals surface area contributed by atoms with Crippen LogP contribution in [-0.4, -0.2) is 24.5 Å². The molecule has 1 amide bonds. The molecule has 2 aromatic rings. The summed E-state index contributed by atoms with van der Waals surface area (Å²) in [6.07, 6.45) is 4.08. The molecule has 2 N–H and O–H groups in total. The van der Waals surface area contributed by atoms with E-state index in [9.17, 15) is 4.79 Å². The number of ether oxygens (including phenoxy) is 1. The standard InChI is InChI=1S/C16H18ClN3O2/c1-3-6-19-16(21)11-7-13(10-18-9-11)20-12-4-5-15(22-2)14(17)8-12/h4-5,7-10,20H,3,6H2,1-2H3,(H,19,21). The first kappa shape index (κ1) is 16.1. The summed E-state index contributed by atoms with van der Waals surface area (Å²) in [6.45, 7) is 2.65. The van der Waals surface area contributed by atoms with Crippen LogP contribution in [0.3, 0.4) is 0 Å². The molecule has 0 atom stereocenters. The number of carbonyl (C=O) groups excluding carboxylic acids is 1. The normalized spacial score (nSPS) is 10.1. The highest BCUT2D eigenvalue weighted by Crippen LogP contribution is 2.28. The smallest absolute Gasteiger partial charge is 0.252 e. The molecule has 0 aliphatic rings. The summed E-state index contributed by atoms with van der Waals surface area (Å²) in [7, 11) is 1.57. The zero-order chi connectivity index (χ0) is 15.9. The first-order chi connectivity index (χ1) is 10.6. The van der Waals surface area contributed by atoms with Gasteiger partial charge in [0.1, 0.15) is 5.75 Å². The van der Waals surface area contributed by atoms with Gasteiger partial charge in [-0.2, -0.15) is 0 Å². The Morgan fingerprint density at radius 1 is 1.27 bits per heavy atom. The quantitative estimate of drug-likeness (QED) is 0.853. The molecule has 1 heterocycles. The number of nitrogens with one attached hydrogen (secondary N) is 2. The van der Waals surface area contributed by atoms with E-state index in [0.29, 0.717) is 28.6 Å². The van der Waals surface area contributed by atoms with E-state index in [2.05, 4.69) is 15.6 Å². The summed E-state index contributed by atoms with van der Waals surface area (Å²) in [5.74, 6) is 0.476. The lowest BCUT2D eigenvalue weighted by Gasteiger charge is -2.10. The summed E-state index contributed by atoms with van der Waals surface area (Å²) in [4.78, 5) is 16.0. The highest BCUT2D eigenvalue weighted by molar-refractivity contribution is 6.32. The molecule has 0 radical (unpaired) electrons. The molecule has 0 bridgehead atoms. The van der Waals surface area contributed by atoms with Crippen molar-refractivity contribution in [1.82, 2.24) is 10.3 Å². The Labute approximate surface area is 134 Å². The number of carbonyl (C=O) groups is 1. The topological polar surface area (TPSA) is 63.2 Å². The molecule has 1 aromatic carbocycles. The second-order valence-electron chi connectivity index (χ2n) is 4.69. The third kappa shape index (κ3) is 4.11. The molecule has 6 heteroatoms. The molecular formula is C16H18ClN3O2. The van der Waals surface area contributed by atoms with Crippen molar-refractivity contribution >= 4 is 28.9 Å². The Balaban J connectivity index is 2.13. The van der Waals surface area contributed by atoms with Crippen LogP contribution in [0.2, 0.25) is 5.02 Å². The zero-order valence-electron chi connectivity index (χ0n) is 12.5. The highest BCUT2D eigenvalue weighted by Gasteiger charge is 2.07. The first-order valence-electron chi connectivity index (χ1n) is 6.98. The molecule has 116 valence electrons. The summed E-state index contributed by atoms with van der Waals surface area (Å²) in [6, 6.07) is 7.12. The third-order valence-corrected chi connectivity index (χ3v) is 3.27. The van der Waals surface area contributed by atoms with Gasteiger partial charge in [0.25, 0.3) is 5.91 Å². The van der Waals surface area contributed by atoms with Gasteiger partial charge < -0.3 is 15.4 Å². The molecule has 0 fully saturated rings. The Morgan fingerprint density at radius 3 is 2.77 bits per heavy atom. The molecule has 1 aromatic heterocycles. The Morgan fingerprint density at radius 2 is 2.09 bits per heavy atom. The van der Waals surface area contributed by atoms with Crippen LogP contribution in [0.4, 0.5) is 11.4 Å². The number of hydrogen-bond donors (Lipinski definition) is 2. The molecule has 22 heavy (non-hydrogen) atoms. The molecule has 0 spiro atoms. The highest BCUT2D eigenvalue weighted by atomic mass is 35.5. The van der Waals surface area contributed by atoms with Crippen LogP contribution in [0.1, 0.15) is 23.7 Å². The first-order valence-corrected chi connectivity index (χ1v) is 7.35. The minimum Gasteiger partial charge on any atom is -0.495 e. The van der Waals surface area contributed by atoms with Crippen LogP contribution in [0, 0.1) is 0 Å². The largest absolute Gasteiger partial charge is 0.495 e. The number of halogens is 1. The van der Waals surface area contributed by atoms with E-state index in [1.165, 1.54) is 6.20 Å². The number of nitrogens with zero attached hydrogens (tertiary/aromatic N) is 1. The summed E-state index contributed by atoms with van der Waals surface area (Å²) in [5, 5.41) is 6.50. The van der Waals surface area contributed by atoms with E-state index >= 15 is 0 Å². The monoisotopic (exact) mass is 319 g/mol. The van der Waals surface area contributed by atoms with E-state index in [1.54, 1.807) is 31.5 Å². The van der Waals surface area contributed by atoms with Crippen molar-refractivity contribution in [2.24, 2.45) is 0 Å². The van der Waals surface area contributed by atoms with Crippen molar-refractivity contribution in [3.05, 3.63) is 47.2 Å². The van der Waals surface area contributed by atoms with Gasteiger partial charge in [0.2, 0.25) is 0 Å². The second-order valence-corrected chi connectivity index (χ2v) is 5.10. The van der Waals surface area contributed by atoms with Gasteiger partial charge in [-0.15, -0.1) is 0 Å². The maximum atomic E-state index is 11.9. The van der Waals surface area contributed by atoms with Crippen molar-refractivity contribution in [2.45, 2.75) is 13.3 Å². The summed E-state index contributed by atoms with van der Waals surface area (Å²) >= 11 is 6.09. The SMILES string of the molecule is CCCNC(=O)c1cncc(Nc2ccc(OC)c(Cl)c2)c1. The number of methoxy groups -OCH3 is 1. The second kappa shape index (κ2) is 7.66. The Bertz CT molecular complexity index is 662. The lowest BCUT2D eigenvalue weighted by Crippen LogP contribution is -2.24. The Kier molecular flexibility index (Phi) is 5.61. The van der Waals surface area contributed by atoms with E-state index in [4.69, 9.17) is 16.3 Å². The molecule has 0 saturated heterocycles. The van der Waals surface area contributed by atoms with Gasteiger partial charge in [-0.1, -0.05) is 18.5 Å². The van der Waals surface area contributed by atoms with Crippen LogP contribution >= 0.6 is 11.6 Å². The van der Waals surface area contributed by atoms with Gasteiger partial charge in [0, 0.05) is 18.4 Å². The van der Waals surface area contributed by atoms with Gasteiger partial charge in [0.15, 0.2) is 0 Å². The van der Waals surface area contributed by atoms with Crippen LogP contribution in [0.15, 0.2) is 36.7 Å². The van der Waals surface area contributed by atoms with Crippen molar-refractivity contribution in [1.29, 1.82) is 0 Å². The van der Waals surface area contributed by atoms with Gasteiger partial charge in [-0.25, -0.2) is 0 Å². The molecule has 5 nitrogen and oxygen atoms in total. The van der Waals surface area contributed by atoms with Crippen molar-refractivity contribution in [2.75, 3.05) is 19.0 Å². The van der Waals surface area contributed by atoms with Crippen molar-refractivity contribution in [3.8, 4) is 5.75 Å². The van der Waals surface area contributed by atoms with Crippen LogP contribution in [0.5, 0.6) is 5.75 Å². The van der Waals surface area contributed by atoms with Crippen molar-refractivity contribution in [3.63, 3.8) is 0 Å². The minimum absolute atomic E-state index is 0.134. The fraction of sp³-hybridized carbons (Fsp3) is 0.250.